The fraction of sp³-hybridized carbons (Fsp3) is 0.600. The molecular formula is C20H32N2O3. The summed E-state index contributed by atoms with van der Waals surface area (Å²) in [5.41, 5.74) is 0.587. The third-order valence-corrected chi connectivity index (χ3v) is 3.90. The first-order chi connectivity index (χ1) is 12.2. The van der Waals surface area contributed by atoms with Gasteiger partial charge in [0.15, 0.2) is 0 Å². The van der Waals surface area contributed by atoms with Gasteiger partial charge in [-0.15, -0.1) is 0 Å². The molecule has 0 fully saturated rings. The van der Waals surface area contributed by atoms with Gasteiger partial charge in [-0.1, -0.05) is 52.4 Å². The van der Waals surface area contributed by atoms with Crippen LogP contribution in [-0.4, -0.2) is 25.0 Å². The van der Waals surface area contributed by atoms with Crippen LogP contribution >= 0.6 is 0 Å². The highest BCUT2D eigenvalue weighted by Gasteiger charge is 2.12. The number of nitrogens with one attached hydrogen (secondary N) is 2. The van der Waals surface area contributed by atoms with Gasteiger partial charge in [-0.2, -0.15) is 0 Å². The Bertz CT molecular complexity index is 500. The quantitative estimate of drug-likeness (QED) is 0.437. The van der Waals surface area contributed by atoms with Crippen LogP contribution in [0.2, 0.25) is 0 Å². The highest BCUT2D eigenvalue weighted by molar-refractivity contribution is 6.39. The molecule has 0 saturated heterocycles. The lowest BCUT2D eigenvalue weighted by Crippen LogP contribution is -2.35. The van der Waals surface area contributed by atoms with Crippen LogP contribution in [0.3, 0.4) is 0 Å². The van der Waals surface area contributed by atoms with E-state index in [0.29, 0.717) is 18.8 Å². The molecule has 25 heavy (non-hydrogen) atoms. The van der Waals surface area contributed by atoms with E-state index >= 15 is 0 Å². The molecule has 0 aromatic heterocycles. The molecule has 0 aliphatic rings. The topological polar surface area (TPSA) is 67.4 Å². The monoisotopic (exact) mass is 348 g/mol. The predicted octanol–water partition coefficient (Wildman–Crippen LogP) is 4.28. The first-order valence-corrected chi connectivity index (χ1v) is 9.49. The lowest BCUT2D eigenvalue weighted by molar-refractivity contribution is -0.136. The van der Waals surface area contributed by atoms with Crippen molar-refractivity contribution in [3.05, 3.63) is 24.3 Å². The zero-order valence-electron chi connectivity index (χ0n) is 15.6. The number of hydrogen-bond acceptors (Lipinski definition) is 3. The highest BCUT2D eigenvalue weighted by Crippen LogP contribution is 2.16. The molecule has 1 aromatic carbocycles. The largest absolute Gasteiger partial charge is 0.494 e. The molecular weight excluding hydrogens is 316 g/mol. The van der Waals surface area contributed by atoms with Gasteiger partial charge in [0.1, 0.15) is 5.75 Å². The van der Waals surface area contributed by atoms with E-state index in [1.807, 2.05) is 0 Å². The van der Waals surface area contributed by atoms with Crippen molar-refractivity contribution in [2.24, 2.45) is 0 Å². The van der Waals surface area contributed by atoms with Gasteiger partial charge in [0.05, 0.1) is 6.61 Å². The fourth-order valence-corrected chi connectivity index (χ4v) is 2.38. The van der Waals surface area contributed by atoms with Gasteiger partial charge >= 0.3 is 11.8 Å². The number of anilines is 1. The third-order valence-electron chi connectivity index (χ3n) is 3.90. The second-order valence-corrected chi connectivity index (χ2v) is 6.20. The van der Waals surface area contributed by atoms with Crippen LogP contribution in [0.5, 0.6) is 5.75 Å². The van der Waals surface area contributed by atoms with Crippen molar-refractivity contribution in [3.8, 4) is 5.75 Å². The summed E-state index contributed by atoms with van der Waals surface area (Å²) >= 11 is 0. The maximum Gasteiger partial charge on any atom is 0.313 e. The number of hydrogen-bond donors (Lipinski definition) is 2. The van der Waals surface area contributed by atoms with Gasteiger partial charge in [0.25, 0.3) is 0 Å². The zero-order chi connectivity index (χ0) is 18.3. The van der Waals surface area contributed by atoms with Crippen molar-refractivity contribution in [2.75, 3.05) is 18.5 Å². The second-order valence-electron chi connectivity index (χ2n) is 6.20. The molecule has 5 nitrogen and oxygen atoms in total. The number of amides is 2. The first kappa shape index (κ1) is 21.0. The van der Waals surface area contributed by atoms with Gasteiger partial charge < -0.3 is 15.4 Å². The van der Waals surface area contributed by atoms with E-state index < -0.39 is 11.8 Å². The van der Waals surface area contributed by atoms with Crippen LogP contribution in [0.25, 0.3) is 0 Å². The number of benzene rings is 1. The van der Waals surface area contributed by atoms with E-state index in [-0.39, 0.29) is 0 Å². The summed E-state index contributed by atoms with van der Waals surface area (Å²) in [7, 11) is 0. The second kappa shape index (κ2) is 13.3. The normalized spacial score (nSPS) is 10.3. The lowest BCUT2D eigenvalue weighted by Gasteiger charge is -2.08. The standard InChI is InChI=1S/C20H32N2O3/c1-3-5-7-8-9-15-21-19(23)20(24)22-17-11-13-18(14-12-17)25-16-10-6-4-2/h11-14H,3-10,15-16H2,1-2H3,(H,21,23)(H,22,24). The van der Waals surface area contributed by atoms with Gasteiger partial charge in [-0.25, -0.2) is 0 Å². The van der Waals surface area contributed by atoms with Crippen molar-refractivity contribution in [1.29, 1.82) is 0 Å². The Morgan fingerprint density at radius 2 is 1.48 bits per heavy atom. The van der Waals surface area contributed by atoms with Gasteiger partial charge in [0.2, 0.25) is 0 Å². The SMILES string of the molecule is CCCCCCCNC(=O)C(=O)Nc1ccc(OCCCCC)cc1. The van der Waals surface area contributed by atoms with Crippen molar-refractivity contribution < 1.29 is 14.3 Å². The van der Waals surface area contributed by atoms with Crippen LogP contribution in [0.4, 0.5) is 5.69 Å². The van der Waals surface area contributed by atoms with Crippen molar-refractivity contribution in [3.63, 3.8) is 0 Å². The Hall–Kier alpha value is -2.04. The fourth-order valence-electron chi connectivity index (χ4n) is 2.38. The van der Waals surface area contributed by atoms with Gasteiger partial charge in [-0.3, -0.25) is 9.59 Å². The number of unbranched alkanes of at least 4 members (excludes halogenated alkanes) is 6. The molecule has 0 heterocycles. The minimum absolute atomic E-state index is 0.542. The lowest BCUT2D eigenvalue weighted by atomic mass is 10.1. The summed E-state index contributed by atoms with van der Waals surface area (Å²) < 4.78 is 5.62. The van der Waals surface area contributed by atoms with E-state index in [2.05, 4.69) is 24.5 Å². The van der Waals surface area contributed by atoms with Crippen LogP contribution in [0.1, 0.15) is 65.2 Å². The van der Waals surface area contributed by atoms with E-state index in [0.717, 1.165) is 37.9 Å². The molecule has 0 bridgehead atoms. The molecule has 0 aliphatic heterocycles. The summed E-state index contributed by atoms with van der Waals surface area (Å²) in [5.74, 6) is -0.453. The average Bonchev–Trinajstić information content (AvgIpc) is 2.62. The summed E-state index contributed by atoms with van der Waals surface area (Å²) in [6.45, 7) is 5.55. The number of ether oxygens (including phenoxy) is 1. The maximum absolute atomic E-state index is 11.9. The number of carbonyl (C=O) groups excluding carboxylic acids is 2. The molecule has 2 amide bonds. The van der Waals surface area contributed by atoms with Crippen LogP contribution in [0, 0.1) is 0 Å². The first-order valence-electron chi connectivity index (χ1n) is 9.49. The minimum Gasteiger partial charge on any atom is -0.494 e. The van der Waals surface area contributed by atoms with E-state index in [9.17, 15) is 9.59 Å². The van der Waals surface area contributed by atoms with Crippen LogP contribution < -0.4 is 15.4 Å². The molecule has 0 unspecified atom stereocenters. The number of carbonyl (C=O) groups is 2. The Balaban J connectivity index is 2.25. The summed E-state index contributed by atoms with van der Waals surface area (Å²) in [4.78, 5) is 23.6. The molecule has 0 radical (unpaired) electrons. The van der Waals surface area contributed by atoms with E-state index in [1.54, 1.807) is 24.3 Å². The zero-order valence-corrected chi connectivity index (χ0v) is 15.6. The molecule has 2 N–H and O–H groups in total. The van der Waals surface area contributed by atoms with Gasteiger partial charge in [-0.05, 0) is 37.1 Å². The third kappa shape index (κ3) is 9.75. The molecule has 1 aromatic rings. The summed E-state index contributed by atoms with van der Waals surface area (Å²) in [6.07, 6.45) is 8.92. The van der Waals surface area contributed by atoms with E-state index in [4.69, 9.17) is 4.74 Å². The predicted molar refractivity (Wildman–Crippen MR) is 102 cm³/mol. The van der Waals surface area contributed by atoms with Gasteiger partial charge in [0, 0.05) is 12.2 Å². The Labute approximate surface area is 151 Å². The minimum atomic E-state index is -0.634. The van der Waals surface area contributed by atoms with E-state index in [1.165, 1.54) is 19.3 Å². The molecule has 0 saturated carbocycles. The highest BCUT2D eigenvalue weighted by atomic mass is 16.5. The molecule has 5 heteroatoms. The Morgan fingerprint density at radius 3 is 2.16 bits per heavy atom. The summed E-state index contributed by atoms with van der Waals surface area (Å²) in [6, 6.07) is 7.08. The molecule has 0 aliphatic carbocycles. The molecule has 1 rings (SSSR count). The van der Waals surface area contributed by atoms with Crippen molar-refractivity contribution >= 4 is 17.5 Å². The smallest absolute Gasteiger partial charge is 0.313 e. The average molecular weight is 348 g/mol. The molecule has 0 spiro atoms. The Kier molecular flexibility index (Phi) is 11.2. The molecule has 0 atom stereocenters. The maximum atomic E-state index is 11.9. The van der Waals surface area contributed by atoms with Crippen LogP contribution in [0.15, 0.2) is 24.3 Å². The Morgan fingerprint density at radius 1 is 0.840 bits per heavy atom. The molecule has 140 valence electrons. The van der Waals surface area contributed by atoms with Crippen molar-refractivity contribution in [2.45, 2.75) is 65.2 Å². The number of rotatable bonds is 12. The van der Waals surface area contributed by atoms with Crippen LogP contribution in [-0.2, 0) is 9.59 Å². The summed E-state index contributed by atoms with van der Waals surface area (Å²) in [5, 5.41) is 5.26. The van der Waals surface area contributed by atoms with Crippen molar-refractivity contribution in [1.82, 2.24) is 5.32 Å².